The molecular formula is C15H17ClN2O2. The average molecular weight is 293 g/mol. The van der Waals surface area contributed by atoms with Crippen LogP contribution in [-0.4, -0.2) is 20.9 Å². The summed E-state index contributed by atoms with van der Waals surface area (Å²) < 4.78 is 1.62. The number of halogens is 1. The SMILES string of the molecule is Cc1ccc(-n2nc(C(=O)O)c(Cl)c2C(C)(C)C)cc1. The van der Waals surface area contributed by atoms with E-state index in [4.69, 9.17) is 11.6 Å². The van der Waals surface area contributed by atoms with Crippen LogP contribution in [-0.2, 0) is 5.41 Å². The van der Waals surface area contributed by atoms with Crippen LogP contribution in [0.25, 0.3) is 5.69 Å². The summed E-state index contributed by atoms with van der Waals surface area (Å²) in [4.78, 5) is 11.2. The second-order valence-electron chi connectivity index (χ2n) is 5.81. The first-order chi connectivity index (χ1) is 9.21. The van der Waals surface area contributed by atoms with Gasteiger partial charge in [-0.1, -0.05) is 50.1 Å². The highest BCUT2D eigenvalue weighted by Crippen LogP contribution is 2.33. The summed E-state index contributed by atoms with van der Waals surface area (Å²) in [7, 11) is 0. The molecule has 0 saturated heterocycles. The first kappa shape index (κ1) is 14.6. The fraction of sp³-hybridized carbons (Fsp3) is 0.333. The van der Waals surface area contributed by atoms with Crippen molar-refractivity contribution in [2.24, 2.45) is 0 Å². The van der Waals surface area contributed by atoms with E-state index in [9.17, 15) is 9.90 Å². The molecule has 0 amide bonds. The average Bonchev–Trinajstić information content (AvgIpc) is 2.67. The molecule has 1 aromatic carbocycles. The molecule has 0 aliphatic heterocycles. The van der Waals surface area contributed by atoms with Gasteiger partial charge in [-0.05, 0) is 19.1 Å². The van der Waals surface area contributed by atoms with E-state index >= 15 is 0 Å². The van der Waals surface area contributed by atoms with Crippen molar-refractivity contribution in [1.29, 1.82) is 0 Å². The lowest BCUT2D eigenvalue weighted by molar-refractivity contribution is 0.0690. The predicted molar refractivity (Wildman–Crippen MR) is 79.0 cm³/mol. The molecule has 0 fully saturated rings. The van der Waals surface area contributed by atoms with Crippen molar-refractivity contribution >= 4 is 17.6 Å². The van der Waals surface area contributed by atoms with Gasteiger partial charge in [-0.15, -0.1) is 0 Å². The predicted octanol–water partition coefficient (Wildman–Crippen LogP) is 3.83. The van der Waals surface area contributed by atoms with Crippen molar-refractivity contribution < 1.29 is 9.90 Å². The highest BCUT2D eigenvalue weighted by Gasteiger charge is 2.29. The Morgan fingerprint density at radius 2 is 1.80 bits per heavy atom. The molecule has 20 heavy (non-hydrogen) atoms. The first-order valence-electron chi connectivity index (χ1n) is 6.31. The van der Waals surface area contributed by atoms with Gasteiger partial charge in [0, 0.05) is 5.41 Å². The van der Waals surface area contributed by atoms with E-state index in [1.807, 2.05) is 52.0 Å². The van der Waals surface area contributed by atoms with Gasteiger partial charge in [0.25, 0.3) is 0 Å². The van der Waals surface area contributed by atoms with Crippen LogP contribution < -0.4 is 0 Å². The fourth-order valence-corrected chi connectivity index (χ4v) is 2.54. The van der Waals surface area contributed by atoms with Crippen LogP contribution in [0.1, 0.15) is 42.5 Å². The van der Waals surface area contributed by atoms with E-state index in [0.29, 0.717) is 5.69 Å². The van der Waals surface area contributed by atoms with E-state index in [1.54, 1.807) is 4.68 Å². The standard InChI is InChI=1S/C15H17ClN2O2/c1-9-5-7-10(8-6-9)18-13(15(2,3)4)11(16)12(17-18)14(19)20/h5-8H,1-4H3,(H,19,20). The Morgan fingerprint density at radius 3 is 2.25 bits per heavy atom. The molecule has 1 N–H and O–H groups in total. The van der Waals surface area contributed by atoms with E-state index < -0.39 is 5.97 Å². The number of aryl methyl sites for hydroxylation is 1. The quantitative estimate of drug-likeness (QED) is 0.915. The first-order valence-corrected chi connectivity index (χ1v) is 6.69. The van der Waals surface area contributed by atoms with Gasteiger partial charge in [0.05, 0.1) is 16.4 Å². The Kier molecular flexibility index (Phi) is 3.61. The maximum Gasteiger partial charge on any atom is 0.358 e. The Morgan fingerprint density at radius 1 is 1.25 bits per heavy atom. The Bertz CT molecular complexity index is 652. The number of aromatic carboxylic acids is 1. The molecule has 0 aliphatic rings. The molecule has 0 atom stereocenters. The summed E-state index contributed by atoms with van der Waals surface area (Å²) in [6.45, 7) is 7.93. The van der Waals surface area contributed by atoms with Gasteiger partial charge < -0.3 is 5.11 Å². The van der Waals surface area contributed by atoms with Gasteiger partial charge in [-0.2, -0.15) is 5.10 Å². The molecule has 4 nitrogen and oxygen atoms in total. The van der Waals surface area contributed by atoms with Gasteiger partial charge in [0.15, 0.2) is 5.69 Å². The summed E-state index contributed by atoms with van der Waals surface area (Å²) in [5.41, 5.74) is 2.19. The van der Waals surface area contributed by atoms with Crippen LogP contribution in [0.4, 0.5) is 0 Å². The minimum Gasteiger partial charge on any atom is -0.476 e. The Labute approximate surface area is 123 Å². The lowest BCUT2D eigenvalue weighted by atomic mass is 9.91. The third kappa shape index (κ3) is 2.56. The summed E-state index contributed by atoms with van der Waals surface area (Å²) in [6, 6.07) is 7.72. The van der Waals surface area contributed by atoms with Gasteiger partial charge in [-0.3, -0.25) is 0 Å². The zero-order valence-corrected chi connectivity index (χ0v) is 12.7. The summed E-state index contributed by atoms with van der Waals surface area (Å²) in [6.07, 6.45) is 0. The molecular weight excluding hydrogens is 276 g/mol. The van der Waals surface area contributed by atoms with Crippen LogP contribution in [0.15, 0.2) is 24.3 Å². The molecule has 0 unspecified atom stereocenters. The van der Waals surface area contributed by atoms with Gasteiger partial charge in [0.1, 0.15) is 0 Å². The fourth-order valence-electron chi connectivity index (χ4n) is 2.06. The molecule has 2 aromatic rings. The number of hydrogen-bond donors (Lipinski definition) is 1. The monoisotopic (exact) mass is 292 g/mol. The summed E-state index contributed by atoms with van der Waals surface area (Å²) >= 11 is 6.23. The van der Waals surface area contributed by atoms with Crippen molar-refractivity contribution in [2.45, 2.75) is 33.1 Å². The molecule has 1 aromatic heterocycles. The second kappa shape index (κ2) is 4.94. The maximum absolute atomic E-state index is 11.2. The number of carbonyl (C=O) groups is 1. The number of carboxylic acids is 1. The van der Waals surface area contributed by atoms with Gasteiger partial charge in [-0.25, -0.2) is 9.48 Å². The highest BCUT2D eigenvalue weighted by molar-refractivity contribution is 6.34. The minimum atomic E-state index is -1.12. The summed E-state index contributed by atoms with van der Waals surface area (Å²) in [5.74, 6) is -1.12. The molecule has 5 heteroatoms. The Hall–Kier alpha value is -1.81. The molecule has 0 saturated carbocycles. The molecule has 106 valence electrons. The highest BCUT2D eigenvalue weighted by atomic mass is 35.5. The third-order valence-electron chi connectivity index (χ3n) is 3.02. The maximum atomic E-state index is 11.2. The molecule has 0 bridgehead atoms. The van der Waals surface area contributed by atoms with Crippen LogP contribution in [0, 0.1) is 6.92 Å². The van der Waals surface area contributed by atoms with E-state index in [-0.39, 0.29) is 16.1 Å². The minimum absolute atomic E-state index is 0.114. The largest absolute Gasteiger partial charge is 0.476 e. The molecule has 0 spiro atoms. The van der Waals surface area contributed by atoms with E-state index in [2.05, 4.69) is 5.10 Å². The topological polar surface area (TPSA) is 55.1 Å². The second-order valence-corrected chi connectivity index (χ2v) is 6.19. The number of benzene rings is 1. The Balaban J connectivity index is 2.72. The number of nitrogens with zero attached hydrogens (tertiary/aromatic N) is 2. The molecule has 0 radical (unpaired) electrons. The third-order valence-corrected chi connectivity index (χ3v) is 3.38. The van der Waals surface area contributed by atoms with Crippen LogP contribution in [0.3, 0.4) is 0 Å². The van der Waals surface area contributed by atoms with Crippen molar-refractivity contribution in [3.8, 4) is 5.69 Å². The number of aromatic nitrogens is 2. The van der Waals surface area contributed by atoms with E-state index in [0.717, 1.165) is 11.3 Å². The number of hydrogen-bond acceptors (Lipinski definition) is 2. The normalized spacial score (nSPS) is 11.7. The van der Waals surface area contributed by atoms with Crippen LogP contribution in [0.2, 0.25) is 5.02 Å². The van der Waals surface area contributed by atoms with Crippen molar-refractivity contribution in [3.05, 3.63) is 46.2 Å². The van der Waals surface area contributed by atoms with Crippen molar-refractivity contribution in [1.82, 2.24) is 9.78 Å². The number of rotatable bonds is 2. The lowest BCUT2D eigenvalue weighted by Crippen LogP contribution is -2.18. The van der Waals surface area contributed by atoms with Crippen LogP contribution in [0.5, 0.6) is 0 Å². The van der Waals surface area contributed by atoms with Crippen molar-refractivity contribution in [3.63, 3.8) is 0 Å². The zero-order valence-electron chi connectivity index (χ0n) is 11.9. The van der Waals surface area contributed by atoms with Gasteiger partial charge >= 0.3 is 5.97 Å². The molecule has 0 aliphatic carbocycles. The smallest absolute Gasteiger partial charge is 0.358 e. The summed E-state index contributed by atoms with van der Waals surface area (Å²) in [5, 5.41) is 13.6. The van der Waals surface area contributed by atoms with E-state index in [1.165, 1.54) is 0 Å². The molecule has 1 heterocycles. The van der Waals surface area contributed by atoms with Gasteiger partial charge in [0.2, 0.25) is 0 Å². The lowest BCUT2D eigenvalue weighted by Gasteiger charge is -2.21. The number of carboxylic acid groups (broad SMARTS) is 1. The zero-order chi connectivity index (χ0) is 15.1. The molecule has 2 rings (SSSR count). The van der Waals surface area contributed by atoms with Crippen LogP contribution >= 0.6 is 11.6 Å². The van der Waals surface area contributed by atoms with Crippen molar-refractivity contribution in [2.75, 3.05) is 0 Å².